The minimum Gasteiger partial charge on any atom is -0.351 e. The van der Waals surface area contributed by atoms with E-state index in [4.69, 9.17) is 11.6 Å². The van der Waals surface area contributed by atoms with Gasteiger partial charge in [0, 0.05) is 31.0 Å². The molecule has 2 rings (SSSR count). The number of nitrogens with one attached hydrogen (secondary N) is 1. The zero-order valence-electron chi connectivity index (χ0n) is 13.8. The highest BCUT2D eigenvalue weighted by Crippen LogP contribution is 2.27. The first-order valence-corrected chi connectivity index (χ1v) is 11.2. The minimum absolute atomic E-state index is 0.0172. The summed E-state index contributed by atoms with van der Waals surface area (Å²) in [5.41, 5.74) is 0.314. The Morgan fingerprint density at radius 2 is 1.92 bits per heavy atom. The molecule has 1 N–H and O–H groups in total. The average Bonchev–Trinajstić information content (AvgIpc) is 2.85. The van der Waals surface area contributed by atoms with Gasteiger partial charge in [-0.05, 0) is 37.3 Å². The second-order valence-electron chi connectivity index (χ2n) is 5.71. The Balaban J connectivity index is 2.25. The van der Waals surface area contributed by atoms with Gasteiger partial charge >= 0.3 is 0 Å². The Morgan fingerprint density at radius 3 is 2.54 bits per heavy atom. The number of thioether (sulfide) groups is 1. The second kappa shape index (κ2) is 9.08. The highest BCUT2D eigenvalue weighted by Gasteiger charge is 2.28. The van der Waals surface area contributed by atoms with Crippen molar-refractivity contribution in [2.24, 2.45) is 0 Å². The molecular formula is C16H23ClN2O3S2. The number of nitrogens with zero attached hydrogens (tertiary/aromatic N) is 1. The second-order valence-corrected chi connectivity index (χ2v) is 9.01. The molecule has 134 valence electrons. The zero-order chi connectivity index (χ0) is 17.6. The Hall–Kier alpha value is -0.760. The maximum atomic E-state index is 12.9. The van der Waals surface area contributed by atoms with Gasteiger partial charge < -0.3 is 5.32 Å². The Kier molecular flexibility index (Phi) is 7.40. The van der Waals surface area contributed by atoms with Gasteiger partial charge in [-0.15, -0.1) is 0 Å². The summed E-state index contributed by atoms with van der Waals surface area (Å²) in [6, 6.07) is 4.42. The first-order chi connectivity index (χ1) is 11.5. The van der Waals surface area contributed by atoms with Crippen LogP contribution in [0.25, 0.3) is 0 Å². The Labute approximate surface area is 153 Å². The van der Waals surface area contributed by atoms with Crippen molar-refractivity contribution in [3.63, 3.8) is 0 Å². The number of hydrogen-bond acceptors (Lipinski definition) is 4. The van der Waals surface area contributed by atoms with Gasteiger partial charge in [0.2, 0.25) is 10.0 Å². The van der Waals surface area contributed by atoms with Gasteiger partial charge in [-0.1, -0.05) is 24.4 Å². The van der Waals surface area contributed by atoms with E-state index in [0.717, 1.165) is 31.4 Å². The van der Waals surface area contributed by atoms with E-state index in [9.17, 15) is 13.2 Å². The molecule has 0 saturated carbocycles. The standard InChI is InChI=1S/C16H23ClN2O3S2/c1-23-11-8-18-16(20)13-6-7-14(17)15(12-13)24(21,22)19-9-4-2-3-5-10-19/h6-7,12H,2-5,8-11H2,1H3,(H,18,20). The summed E-state index contributed by atoms with van der Waals surface area (Å²) in [5, 5.41) is 2.93. The lowest BCUT2D eigenvalue weighted by molar-refractivity contribution is 0.0956. The maximum Gasteiger partial charge on any atom is 0.251 e. The third kappa shape index (κ3) is 4.88. The first kappa shape index (κ1) is 19.6. The van der Waals surface area contributed by atoms with Crippen molar-refractivity contribution < 1.29 is 13.2 Å². The van der Waals surface area contributed by atoms with Crippen molar-refractivity contribution in [3.8, 4) is 0 Å². The number of rotatable bonds is 6. The van der Waals surface area contributed by atoms with Crippen LogP contribution in [-0.4, -0.2) is 50.3 Å². The number of sulfonamides is 1. The van der Waals surface area contributed by atoms with Crippen LogP contribution in [0.5, 0.6) is 0 Å². The summed E-state index contributed by atoms with van der Waals surface area (Å²) in [4.78, 5) is 12.2. The SMILES string of the molecule is CSCCNC(=O)c1ccc(Cl)c(S(=O)(=O)N2CCCCCC2)c1. The van der Waals surface area contributed by atoms with Crippen LogP contribution in [0.2, 0.25) is 5.02 Å². The normalized spacial score (nSPS) is 16.6. The molecule has 0 bridgehead atoms. The highest BCUT2D eigenvalue weighted by molar-refractivity contribution is 7.98. The predicted octanol–water partition coefficient (Wildman–Crippen LogP) is 3.00. The molecule has 0 aliphatic carbocycles. The summed E-state index contributed by atoms with van der Waals surface area (Å²) in [6.07, 6.45) is 5.74. The molecule has 1 aromatic carbocycles. The number of benzene rings is 1. The van der Waals surface area contributed by atoms with Crippen LogP contribution in [0, 0.1) is 0 Å². The van der Waals surface area contributed by atoms with E-state index in [2.05, 4.69) is 5.32 Å². The summed E-state index contributed by atoms with van der Waals surface area (Å²) >= 11 is 7.76. The highest BCUT2D eigenvalue weighted by atomic mass is 35.5. The van der Waals surface area contributed by atoms with Gasteiger partial charge in [0.1, 0.15) is 4.90 Å². The lowest BCUT2D eigenvalue weighted by Crippen LogP contribution is -2.32. The zero-order valence-corrected chi connectivity index (χ0v) is 16.1. The van der Waals surface area contributed by atoms with E-state index in [1.54, 1.807) is 17.8 Å². The molecule has 1 aliphatic heterocycles. The molecule has 1 amide bonds. The van der Waals surface area contributed by atoms with E-state index in [1.807, 2.05) is 6.26 Å². The van der Waals surface area contributed by atoms with Crippen LogP contribution in [-0.2, 0) is 10.0 Å². The molecule has 1 aliphatic rings. The summed E-state index contributed by atoms with van der Waals surface area (Å²) in [7, 11) is -3.68. The largest absolute Gasteiger partial charge is 0.351 e. The van der Waals surface area contributed by atoms with E-state index >= 15 is 0 Å². The smallest absolute Gasteiger partial charge is 0.251 e. The third-order valence-electron chi connectivity index (χ3n) is 3.97. The predicted molar refractivity (Wildman–Crippen MR) is 99.4 cm³/mol. The lowest BCUT2D eigenvalue weighted by atomic mass is 10.2. The number of carbonyl (C=O) groups excluding carboxylic acids is 1. The molecule has 24 heavy (non-hydrogen) atoms. The molecule has 5 nitrogen and oxygen atoms in total. The number of amides is 1. The van der Waals surface area contributed by atoms with E-state index in [-0.39, 0.29) is 15.8 Å². The van der Waals surface area contributed by atoms with Crippen molar-refractivity contribution in [1.29, 1.82) is 0 Å². The Bertz CT molecular complexity index is 672. The van der Waals surface area contributed by atoms with Crippen molar-refractivity contribution >= 4 is 39.3 Å². The molecule has 1 heterocycles. The molecule has 1 fully saturated rings. The number of hydrogen-bond donors (Lipinski definition) is 1. The fraction of sp³-hybridized carbons (Fsp3) is 0.562. The molecule has 1 aromatic rings. The molecule has 0 radical (unpaired) electrons. The van der Waals surface area contributed by atoms with Gasteiger partial charge in [-0.25, -0.2) is 8.42 Å². The van der Waals surface area contributed by atoms with Crippen molar-refractivity contribution in [2.45, 2.75) is 30.6 Å². The molecule has 0 atom stereocenters. The van der Waals surface area contributed by atoms with Crippen LogP contribution in [0.3, 0.4) is 0 Å². The quantitative estimate of drug-likeness (QED) is 0.758. The fourth-order valence-electron chi connectivity index (χ4n) is 2.63. The van der Waals surface area contributed by atoms with Gasteiger partial charge in [-0.2, -0.15) is 16.1 Å². The van der Waals surface area contributed by atoms with Gasteiger partial charge in [-0.3, -0.25) is 4.79 Å². The number of carbonyl (C=O) groups is 1. The fourth-order valence-corrected chi connectivity index (χ4v) is 4.96. The van der Waals surface area contributed by atoms with Gasteiger partial charge in [0.05, 0.1) is 5.02 Å². The van der Waals surface area contributed by atoms with Crippen LogP contribution in [0.1, 0.15) is 36.0 Å². The average molecular weight is 391 g/mol. The molecule has 0 unspecified atom stereocenters. The first-order valence-electron chi connectivity index (χ1n) is 8.03. The monoisotopic (exact) mass is 390 g/mol. The van der Waals surface area contributed by atoms with Crippen LogP contribution >= 0.6 is 23.4 Å². The molecular weight excluding hydrogens is 368 g/mol. The van der Waals surface area contributed by atoms with E-state index in [1.165, 1.54) is 16.4 Å². The molecule has 0 aromatic heterocycles. The minimum atomic E-state index is -3.68. The maximum absolute atomic E-state index is 12.9. The van der Waals surface area contributed by atoms with Gasteiger partial charge in [0.25, 0.3) is 5.91 Å². The van der Waals surface area contributed by atoms with E-state index in [0.29, 0.717) is 25.2 Å². The summed E-state index contributed by atoms with van der Waals surface area (Å²) in [5.74, 6) is 0.520. The molecule has 8 heteroatoms. The summed E-state index contributed by atoms with van der Waals surface area (Å²) < 4.78 is 27.3. The topological polar surface area (TPSA) is 66.5 Å². The van der Waals surface area contributed by atoms with E-state index < -0.39 is 10.0 Å². The van der Waals surface area contributed by atoms with Crippen LogP contribution in [0.4, 0.5) is 0 Å². The summed E-state index contributed by atoms with van der Waals surface area (Å²) in [6.45, 7) is 1.54. The van der Waals surface area contributed by atoms with Crippen molar-refractivity contribution in [3.05, 3.63) is 28.8 Å². The van der Waals surface area contributed by atoms with Crippen molar-refractivity contribution in [2.75, 3.05) is 31.6 Å². The Morgan fingerprint density at radius 1 is 1.25 bits per heavy atom. The van der Waals surface area contributed by atoms with Gasteiger partial charge in [0.15, 0.2) is 0 Å². The third-order valence-corrected chi connectivity index (χ3v) is 6.96. The van der Waals surface area contributed by atoms with Crippen LogP contribution < -0.4 is 5.32 Å². The van der Waals surface area contributed by atoms with Crippen LogP contribution in [0.15, 0.2) is 23.1 Å². The lowest BCUT2D eigenvalue weighted by Gasteiger charge is -2.21. The van der Waals surface area contributed by atoms with Crippen molar-refractivity contribution in [1.82, 2.24) is 9.62 Å². The number of halogens is 1. The molecule has 1 saturated heterocycles. The molecule has 0 spiro atoms.